The van der Waals surface area contributed by atoms with Crippen molar-refractivity contribution in [2.75, 3.05) is 0 Å². The predicted octanol–water partition coefficient (Wildman–Crippen LogP) is 5.13. The largest absolute Gasteiger partial charge is 0.384 e. The van der Waals surface area contributed by atoms with Crippen molar-refractivity contribution in [3.8, 4) is 0 Å². The second kappa shape index (κ2) is 5.58. The average molecular weight is 345 g/mol. The van der Waals surface area contributed by atoms with E-state index in [0.717, 1.165) is 21.9 Å². The van der Waals surface area contributed by atoms with Gasteiger partial charge in [0.25, 0.3) is 0 Å². The Morgan fingerprint density at radius 2 is 1.81 bits per heavy atom. The highest BCUT2D eigenvalue weighted by Crippen LogP contribution is 2.32. The molecule has 1 nitrogen and oxygen atoms in total. The molecule has 21 heavy (non-hydrogen) atoms. The van der Waals surface area contributed by atoms with E-state index in [2.05, 4.69) is 15.9 Å². The molecule has 0 heterocycles. The van der Waals surface area contributed by atoms with Crippen molar-refractivity contribution in [1.29, 1.82) is 0 Å². The SMILES string of the molecule is Cc1ccc2ccccc2c1C(O)c1ccc(Br)c(F)c1. The number of hydrogen-bond acceptors (Lipinski definition) is 1. The van der Waals surface area contributed by atoms with Crippen molar-refractivity contribution in [3.63, 3.8) is 0 Å². The molecule has 1 N–H and O–H groups in total. The molecule has 0 saturated carbocycles. The highest BCUT2D eigenvalue weighted by atomic mass is 79.9. The van der Waals surface area contributed by atoms with Gasteiger partial charge in [0.2, 0.25) is 0 Å². The van der Waals surface area contributed by atoms with E-state index in [1.807, 2.05) is 43.3 Å². The van der Waals surface area contributed by atoms with Crippen molar-refractivity contribution < 1.29 is 9.50 Å². The molecule has 3 heteroatoms. The summed E-state index contributed by atoms with van der Waals surface area (Å²) in [6, 6.07) is 16.6. The standard InChI is InChI=1S/C18H14BrFO/c1-11-6-7-12-4-2-3-5-14(12)17(11)18(21)13-8-9-15(19)16(20)10-13/h2-10,18,21H,1H3. The van der Waals surface area contributed by atoms with Crippen molar-refractivity contribution in [2.24, 2.45) is 0 Å². The van der Waals surface area contributed by atoms with E-state index < -0.39 is 6.10 Å². The van der Waals surface area contributed by atoms with E-state index >= 15 is 0 Å². The van der Waals surface area contributed by atoms with Gasteiger partial charge < -0.3 is 5.11 Å². The van der Waals surface area contributed by atoms with E-state index in [4.69, 9.17) is 0 Å². The molecule has 1 unspecified atom stereocenters. The lowest BCUT2D eigenvalue weighted by Gasteiger charge is -2.17. The Bertz CT molecular complexity index is 813. The third kappa shape index (κ3) is 2.59. The number of rotatable bonds is 2. The zero-order chi connectivity index (χ0) is 15.0. The molecule has 0 aliphatic carbocycles. The molecule has 0 bridgehead atoms. The Balaban J connectivity index is 2.19. The van der Waals surface area contributed by atoms with Gasteiger partial charge in [-0.2, -0.15) is 0 Å². The van der Waals surface area contributed by atoms with Gasteiger partial charge in [-0.25, -0.2) is 4.39 Å². The predicted molar refractivity (Wildman–Crippen MR) is 86.8 cm³/mol. The zero-order valence-corrected chi connectivity index (χ0v) is 13.1. The highest BCUT2D eigenvalue weighted by Gasteiger charge is 2.17. The summed E-state index contributed by atoms with van der Waals surface area (Å²) in [5, 5.41) is 12.8. The molecule has 0 saturated heterocycles. The molecule has 0 spiro atoms. The molecule has 0 fully saturated rings. The maximum absolute atomic E-state index is 13.7. The first kappa shape index (κ1) is 14.2. The molecule has 0 radical (unpaired) electrons. The fourth-order valence-corrected chi connectivity index (χ4v) is 2.86. The Morgan fingerprint density at radius 3 is 2.57 bits per heavy atom. The van der Waals surface area contributed by atoms with Crippen molar-refractivity contribution >= 4 is 26.7 Å². The van der Waals surface area contributed by atoms with E-state index in [9.17, 15) is 9.50 Å². The Morgan fingerprint density at radius 1 is 1.05 bits per heavy atom. The Labute approximate surface area is 131 Å². The van der Waals surface area contributed by atoms with Crippen LogP contribution in [0.4, 0.5) is 4.39 Å². The monoisotopic (exact) mass is 344 g/mol. The minimum Gasteiger partial charge on any atom is -0.384 e. The molecule has 1 atom stereocenters. The van der Waals surface area contributed by atoms with Gasteiger partial charge in [-0.3, -0.25) is 0 Å². The number of aryl methyl sites for hydroxylation is 1. The van der Waals surface area contributed by atoms with Crippen LogP contribution in [0.1, 0.15) is 22.8 Å². The van der Waals surface area contributed by atoms with Crippen LogP contribution in [-0.2, 0) is 0 Å². The van der Waals surface area contributed by atoms with Crippen molar-refractivity contribution in [2.45, 2.75) is 13.0 Å². The molecular weight excluding hydrogens is 331 g/mol. The van der Waals surface area contributed by atoms with Crippen molar-refractivity contribution in [1.82, 2.24) is 0 Å². The van der Waals surface area contributed by atoms with Crippen LogP contribution < -0.4 is 0 Å². The summed E-state index contributed by atoms with van der Waals surface area (Å²) in [6.07, 6.45) is -0.848. The smallest absolute Gasteiger partial charge is 0.137 e. The molecule has 3 aromatic rings. The third-order valence-corrected chi connectivity index (χ3v) is 4.36. The van der Waals surface area contributed by atoms with Crippen LogP contribution in [0.3, 0.4) is 0 Å². The molecule has 0 aromatic heterocycles. The van der Waals surface area contributed by atoms with Gasteiger partial charge in [-0.1, -0.05) is 42.5 Å². The summed E-state index contributed by atoms with van der Waals surface area (Å²) in [5.41, 5.74) is 2.37. The molecule has 0 amide bonds. The third-order valence-electron chi connectivity index (χ3n) is 3.72. The molecule has 3 aromatic carbocycles. The number of fused-ring (bicyclic) bond motifs is 1. The maximum Gasteiger partial charge on any atom is 0.137 e. The summed E-state index contributed by atoms with van der Waals surface area (Å²) in [6.45, 7) is 1.96. The number of aliphatic hydroxyl groups excluding tert-OH is 1. The summed E-state index contributed by atoms with van der Waals surface area (Å²) in [5.74, 6) is -0.371. The maximum atomic E-state index is 13.7. The topological polar surface area (TPSA) is 20.2 Å². The van der Waals surface area contributed by atoms with Gasteiger partial charge in [0.15, 0.2) is 0 Å². The first-order chi connectivity index (χ1) is 10.1. The van der Waals surface area contributed by atoms with Gasteiger partial charge in [0, 0.05) is 0 Å². The fraction of sp³-hybridized carbons (Fsp3) is 0.111. The minimum absolute atomic E-state index is 0.371. The number of halogens is 2. The van der Waals surface area contributed by atoms with E-state index in [1.54, 1.807) is 12.1 Å². The van der Waals surface area contributed by atoms with Crippen molar-refractivity contribution in [3.05, 3.63) is 81.6 Å². The van der Waals surface area contributed by atoms with Crippen LogP contribution in [0, 0.1) is 12.7 Å². The molecule has 106 valence electrons. The summed E-state index contributed by atoms with van der Waals surface area (Å²) < 4.78 is 14.1. The van der Waals surface area contributed by atoms with Crippen LogP contribution in [0.5, 0.6) is 0 Å². The Kier molecular flexibility index (Phi) is 3.79. The fourth-order valence-electron chi connectivity index (χ4n) is 2.62. The summed E-state index contributed by atoms with van der Waals surface area (Å²) in [4.78, 5) is 0. The quantitative estimate of drug-likeness (QED) is 0.683. The number of aliphatic hydroxyl groups is 1. The zero-order valence-electron chi connectivity index (χ0n) is 11.5. The van der Waals surface area contributed by atoms with Crippen LogP contribution >= 0.6 is 15.9 Å². The van der Waals surface area contributed by atoms with Gasteiger partial charge in [0.05, 0.1) is 4.47 Å². The van der Waals surface area contributed by atoms with Crippen LogP contribution in [-0.4, -0.2) is 5.11 Å². The van der Waals surface area contributed by atoms with Gasteiger partial charge in [0.1, 0.15) is 11.9 Å². The second-order valence-electron chi connectivity index (χ2n) is 5.09. The molecule has 3 rings (SSSR count). The highest BCUT2D eigenvalue weighted by molar-refractivity contribution is 9.10. The lowest BCUT2D eigenvalue weighted by molar-refractivity contribution is 0.220. The molecule has 0 aliphatic rings. The van der Waals surface area contributed by atoms with E-state index in [0.29, 0.717) is 10.0 Å². The van der Waals surface area contributed by atoms with Crippen LogP contribution in [0.2, 0.25) is 0 Å². The average Bonchev–Trinajstić information content (AvgIpc) is 2.49. The summed E-state index contributed by atoms with van der Waals surface area (Å²) >= 11 is 3.13. The molecule has 0 aliphatic heterocycles. The van der Waals surface area contributed by atoms with E-state index in [1.165, 1.54) is 6.07 Å². The first-order valence-electron chi connectivity index (χ1n) is 6.69. The molecular formula is C18H14BrFO. The van der Waals surface area contributed by atoms with Gasteiger partial charge in [-0.05, 0) is 62.4 Å². The van der Waals surface area contributed by atoms with E-state index in [-0.39, 0.29) is 5.82 Å². The second-order valence-corrected chi connectivity index (χ2v) is 5.95. The minimum atomic E-state index is -0.848. The van der Waals surface area contributed by atoms with Crippen LogP contribution in [0.15, 0.2) is 59.1 Å². The number of benzene rings is 3. The summed E-state index contributed by atoms with van der Waals surface area (Å²) in [7, 11) is 0. The lowest BCUT2D eigenvalue weighted by atomic mass is 9.92. The van der Waals surface area contributed by atoms with Crippen LogP contribution in [0.25, 0.3) is 10.8 Å². The lowest BCUT2D eigenvalue weighted by Crippen LogP contribution is -2.03. The normalized spacial score (nSPS) is 12.6. The number of hydrogen-bond donors (Lipinski definition) is 1. The van der Waals surface area contributed by atoms with Gasteiger partial charge in [-0.15, -0.1) is 0 Å². The first-order valence-corrected chi connectivity index (χ1v) is 7.48. The van der Waals surface area contributed by atoms with Gasteiger partial charge >= 0.3 is 0 Å². The Hall–Kier alpha value is -1.71.